The fraction of sp³-hybridized carbons (Fsp3) is 0.250. The second-order valence-electron chi connectivity index (χ2n) is 1.86. The predicted molar refractivity (Wildman–Crippen MR) is 42.3 cm³/mol. The Morgan fingerprint density at radius 1 is 1.45 bits per heavy atom. The molecule has 1 nitrogen and oxygen atoms in total. The third kappa shape index (κ3) is 3.84. The van der Waals surface area contributed by atoms with Gasteiger partial charge in [-0.3, -0.25) is 0 Å². The standard InChI is InChI=1S/C8H9O.ClH.Mg/c1-7-5-3-4-6-8(7)9-2;;/h3-4,6H,1-2H3;1H;/q-1;;+2/p-1. The topological polar surface area (TPSA) is 9.23 Å². The van der Waals surface area contributed by atoms with E-state index >= 15 is 0 Å². The third-order valence-electron chi connectivity index (χ3n) is 1.23. The first-order valence-corrected chi connectivity index (χ1v) is 2.86. The van der Waals surface area contributed by atoms with E-state index in [9.17, 15) is 0 Å². The Kier molecular flexibility index (Phi) is 8.40. The molecule has 0 radical (unpaired) electrons. The number of halogens is 1. The van der Waals surface area contributed by atoms with Crippen molar-refractivity contribution in [3.8, 4) is 5.75 Å². The van der Waals surface area contributed by atoms with Crippen LogP contribution < -0.4 is 17.1 Å². The van der Waals surface area contributed by atoms with Crippen LogP contribution >= 0.6 is 0 Å². The molecule has 0 atom stereocenters. The zero-order chi connectivity index (χ0) is 6.69. The summed E-state index contributed by atoms with van der Waals surface area (Å²) in [6.07, 6.45) is 0. The van der Waals surface area contributed by atoms with Gasteiger partial charge in [0, 0.05) is 5.75 Å². The average molecular weight is 181 g/mol. The third-order valence-corrected chi connectivity index (χ3v) is 1.23. The van der Waals surface area contributed by atoms with Crippen LogP contribution in [0.25, 0.3) is 0 Å². The summed E-state index contributed by atoms with van der Waals surface area (Å²) in [6, 6.07) is 8.73. The molecule has 0 aliphatic rings. The molecule has 0 aliphatic carbocycles. The fourth-order valence-corrected chi connectivity index (χ4v) is 0.726. The number of hydrogen-bond donors (Lipinski definition) is 0. The van der Waals surface area contributed by atoms with Crippen LogP contribution in [-0.2, 0) is 0 Å². The summed E-state index contributed by atoms with van der Waals surface area (Å²) in [7, 11) is 1.66. The van der Waals surface area contributed by atoms with Gasteiger partial charge in [0.2, 0.25) is 0 Å². The molecule has 0 spiro atoms. The van der Waals surface area contributed by atoms with Crippen molar-refractivity contribution in [3.05, 3.63) is 29.8 Å². The van der Waals surface area contributed by atoms with E-state index in [-0.39, 0.29) is 35.5 Å². The van der Waals surface area contributed by atoms with E-state index in [1.807, 2.05) is 25.1 Å². The smallest absolute Gasteiger partial charge is 1.00 e. The molecule has 0 aliphatic heterocycles. The minimum Gasteiger partial charge on any atom is -1.00 e. The number of hydrogen-bond acceptors (Lipinski definition) is 1. The van der Waals surface area contributed by atoms with Gasteiger partial charge in [-0.15, -0.1) is 11.6 Å². The van der Waals surface area contributed by atoms with Gasteiger partial charge < -0.3 is 17.1 Å². The van der Waals surface area contributed by atoms with Crippen molar-refractivity contribution in [1.82, 2.24) is 0 Å². The van der Waals surface area contributed by atoms with Gasteiger partial charge in [-0.1, -0.05) is 6.92 Å². The van der Waals surface area contributed by atoms with Crippen molar-refractivity contribution in [2.45, 2.75) is 6.92 Å². The molecule has 1 rings (SSSR count). The van der Waals surface area contributed by atoms with E-state index in [2.05, 4.69) is 6.07 Å². The van der Waals surface area contributed by atoms with E-state index in [4.69, 9.17) is 4.74 Å². The first-order valence-electron chi connectivity index (χ1n) is 2.86. The summed E-state index contributed by atoms with van der Waals surface area (Å²) in [5, 5.41) is 0. The Bertz CT molecular complexity index is 203. The van der Waals surface area contributed by atoms with E-state index in [0.717, 1.165) is 11.3 Å². The van der Waals surface area contributed by atoms with Crippen LogP contribution in [0.5, 0.6) is 5.75 Å². The fourth-order valence-electron chi connectivity index (χ4n) is 0.726. The van der Waals surface area contributed by atoms with Crippen molar-refractivity contribution in [2.24, 2.45) is 0 Å². The van der Waals surface area contributed by atoms with E-state index in [1.54, 1.807) is 7.11 Å². The van der Waals surface area contributed by atoms with E-state index in [0.29, 0.717) is 0 Å². The van der Waals surface area contributed by atoms with Crippen molar-refractivity contribution >= 4 is 23.1 Å². The minimum atomic E-state index is 0. The zero-order valence-corrected chi connectivity index (χ0v) is 8.90. The largest absolute Gasteiger partial charge is 2.00 e. The molecular formula is C8H9ClMgO. The van der Waals surface area contributed by atoms with Crippen LogP contribution in [0.1, 0.15) is 5.56 Å². The predicted octanol–water partition coefficient (Wildman–Crippen LogP) is -1.57. The Morgan fingerprint density at radius 3 is 2.45 bits per heavy atom. The van der Waals surface area contributed by atoms with Gasteiger partial charge in [0.1, 0.15) is 0 Å². The first-order chi connectivity index (χ1) is 4.34. The van der Waals surface area contributed by atoms with Gasteiger partial charge in [0.25, 0.3) is 0 Å². The molecule has 0 amide bonds. The number of ether oxygens (including phenoxy) is 1. The van der Waals surface area contributed by atoms with Crippen molar-refractivity contribution in [1.29, 1.82) is 0 Å². The molecular weight excluding hydrogens is 172 g/mol. The second-order valence-corrected chi connectivity index (χ2v) is 1.86. The molecule has 11 heavy (non-hydrogen) atoms. The van der Waals surface area contributed by atoms with Crippen LogP contribution in [0.3, 0.4) is 0 Å². The normalized spacial score (nSPS) is 7.45. The molecule has 0 unspecified atom stereocenters. The van der Waals surface area contributed by atoms with Crippen LogP contribution in [-0.4, -0.2) is 30.2 Å². The molecule has 0 fully saturated rings. The SMILES string of the molecule is COc1ccc[c-]c1C.[Cl-].[Mg+2]. The molecule has 0 aromatic heterocycles. The number of aryl methyl sites for hydroxylation is 1. The minimum absolute atomic E-state index is 0. The van der Waals surface area contributed by atoms with Crippen molar-refractivity contribution < 1.29 is 17.1 Å². The summed E-state index contributed by atoms with van der Waals surface area (Å²) in [6.45, 7) is 1.97. The first kappa shape index (κ1) is 13.7. The van der Waals surface area contributed by atoms with Gasteiger partial charge in [-0.05, 0) is 0 Å². The second kappa shape index (κ2) is 6.77. The Balaban J connectivity index is 0. The van der Waals surface area contributed by atoms with E-state index < -0.39 is 0 Å². The van der Waals surface area contributed by atoms with Crippen molar-refractivity contribution in [2.75, 3.05) is 7.11 Å². The monoisotopic (exact) mass is 180 g/mol. The van der Waals surface area contributed by atoms with Gasteiger partial charge in [0.05, 0.1) is 7.11 Å². The van der Waals surface area contributed by atoms with E-state index in [1.165, 1.54) is 0 Å². The zero-order valence-electron chi connectivity index (χ0n) is 6.73. The Morgan fingerprint density at radius 2 is 2.09 bits per heavy atom. The maximum absolute atomic E-state index is 5.01. The molecule has 0 bridgehead atoms. The van der Waals surface area contributed by atoms with Crippen LogP contribution in [0.2, 0.25) is 0 Å². The quantitative estimate of drug-likeness (QED) is 0.375. The summed E-state index contributed by atoms with van der Waals surface area (Å²) in [4.78, 5) is 0. The number of rotatable bonds is 1. The van der Waals surface area contributed by atoms with Crippen LogP contribution in [0.15, 0.2) is 18.2 Å². The molecule has 0 heterocycles. The van der Waals surface area contributed by atoms with Crippen molar-refractivity contribution in [3.63, 3.8) is 0 Å². The summed E-state index contributed by atoms with van der Waals surface area (Å²) >= 11 is 0. The molecule has 1 aromatic carbocycles. The van der Waals surface area contributed by atoms with Crippen LogP contribution in [0, 0.1) is 13.0 Å². The van der Waals surface area contributed by atoms with Gasteiger partial charge in [-0.2, -0.15) is 18.2 Å². The Labute approximate surface area is 89.7 Å². The maximum atomic E-state index is 5.01. The number of benzene rings is 1. The van der Waals surface area contributed by atoms with Gasteiger partial charge >= 0.3 is 23.1 Å². The maximum Gasteiger partial charge on any atom is 2.00 e. The number of methoxy groups -OCH3 is 1. The molecule has 0 saturated heterocycles. The Hall–Kier alpha value is 0.0762. The van der Waals surface area contributed by atoms with Gasteiger partial charge in [0.15, 0.2) is 0 Å². The summed E-state index contributed by atoms with van der Waals surface area (Å²) in [5.74, 6) is 0.900. The van der Waals surface area contributed by atoms with Crippen LogP contribution in [0.4, 0.5) is 0 Å². The molecule has 56 valence electrons. The van der Waals surface area contributed by atoms with Gasteiger partial charge in [-0.25, -0.2) is 0 Å². The summed E-state index contributed by atoms with van der Waals surface area (Å²) in [5.41, 5.74) is 1.06. The summed E-state index contributed by atoms with van der Waals surface area (Å²) < 4.78 is 5.01. The molecule has 0 N–H and O–H groups in total. The molecule has 1 aromatic rings. The molecule has 0 saturated carbocycles. The average Bonchev–Trinajstić information content (AvgIpc) is 1.89. The molecule has 3 heteroatoms.